The van der Waals surface area contributed by atoms with E-state index >= 15 is 0 Å². The van der Waals surface area contributed by atoms with Crippen molar-refractivity contribution in [2.75, 3.05) is 0 Å². The quantitative estimate of drug-likeness (QED) is 0.680. The van der Waals surface area contributed by atoms with Gasteiger partial charge in [0.05, 0.1) is 16.6 Å². The van der Waals surface area contributed by atoms with Crippen LogP contribution in [0.2, 0.25) is 0 Å². The summed E-state index contributed by atoms with van der Waals surface area (Å²) in [7, 11) is 0. The van der Waals surface area contributed by atoms with Gasteiger partial charge in [0.25, 0.3) is 0 Å². The fourth-order valence-corrected chi connectivity index (χ4v) is 2.57. The van der Waals surface area contributed by atoms with Crippen LogP contribution in [0.1, 0.15) is 11.5 Å². The first-order valence-electron chi connectivity index (χ1n) is 5.61. The lowest BCUT2D eigenvalue weighted by molar-refractivity contribution is -0.120. The molecule has 0 radical (unpaired) electrons. The standard InChI is InChI=1S/C13H12N4OS/c14-6-8-9(7-4-2-1-3-5-7)10(12(16)18)13(19)17-11(8)15/h1-5,9-10H,15H2,(H2,16,18)(H,17,19)/t9-,10+/m1/s1. The van der Waals surface area contributed by atoms with Crippen molar-refractivity contribution in [3.63, 3.8) is 0 Å². The zero-order chi connectivity index (χ0) is 14.0. The minimum atomic E-state index is -0.764. The van der Waals surface area contributed by atoms with Crippen molar-refractivity contribution in [3.8, 4) is 6.07 Å². The van der Waals surface area contributed by atoms with Gasteiger partial charge in [-0.1, -0.05) is 42.5 Å². The number of rotatable bonds is 2. The van der Waals surface area contributed by atoms with E-state index in [1.165, 1.54) is 0 Å². The first-order valence-corrected chi connectivity index (χ1v) is 6.02. The number of nitrogens with zero attached hydrogens (tertiary/aromatic N) is 1. The van der Waals surface area contributed by atoms with Gasteiger partial charge in [-0.25, -0.2) is 0 Å². The van der Waals surface area contributed by atoms with E-state index in [0.29, 0.717) is 0 Å². The molecule has 19 heavy (non-hydrogen) atoms. The minimum Gasteiger partial charge on any atom is -0.384 e. The Labute approximate surface area is 115 Å². The summed E-state index contributed by atoms with van der Waals surface area (Å²) in [5.41, 5.74) is 12.3. The van der Waals surface area contributed by atoms with Gasteiger partial charge in [0.15, 0.2) is 0 Å². The first kappa shape index (κ1) is 13.1. The molecule has 0 saturated carbocycles. The fourth-order valence-electron chi connectivity index (χ4n) is 2.21. The van der Waals surface area contributed by atoms with Crippen LogP contribution >= 0.6 is 12.2 Å². The Balaban J connectivity index is 2.61. The number of amides is 1. The molecule has 0 aromatic heterocycles. The molecule has 0 fully saturated rings. The van der Waals surface area contributed by atoms with Gasteiger partial charge in [-0.05, 0) is 5.56 Å². The second-order valence-electron chi connectivity index (χ2n) is 4.20. The zero-order valence-electron chi connectivity index (χ0n) is 9.96. The van der Waals surface area contributed by atoms with Crippen LogP contribution in [-0.4, -0.2) is 10.9 Å². The number of nitrogens with one attached hydrogen (secondary N) is 1. The number of carbonyl (C=O) groups is 1. The van der Waals surface area contributed by atoms with Crippen LogP contribution < -0.4 is 16.8 Å². The van der Waals surface area contributed by atoms with Crippen molar-refractivity contribution < 1.29 is 4.79 Å². The number of primary amides is 1. The summed E-state index contributed by atoms with van der Waals surface area (Å²) in [4.78, 5) is 11.9. The van der Waals surface area contributed by atoms with E-state index in [1.807, 2.05) is 36.4 Å². The lowest BCUT2D eigenvalue weighted by Crippen LogP contribution is -2.47. The number of hydrogen-bond acceptors (Lipinski definition) is 4. The van der Waals surface area contributed by atoms with Crippen molar-refractivity contribution in [3.05, 3.63) is 47.3 Å². The lowest BCUT2D eigenvalue weighted by Gasteiger charge is -2.31. The smallest absolute Gasteiger partial charge is 0.228 e. The fraction of sp³-hybridized carbons (Fsp3) is 0.154. The summed E-state index contributed by atoms with van der Waals surface area (Å²) in [5.74, 6) is -1.69. The zero-order valence-corrected chi connectivity index (χ0v) is 10.8. The summed E-state index contributed by atoms with van der Waals surface area (Å²) >= 11 is 5.12. The molecule has 1 aromatic rings. The molecule has 6 heteroatoms. The van der Waals surface area contributed by atoms with E-state index in [1.54, 1.807) is 0 Å². The van der Waals surface area contributed by atoms with E-state index < -0.39 is 17.7 Å². The second kappa shape index (κ2) is 5.08. The van der Waals surface area contributed by atoms with Gasteiger partial charge in [0, 0.05) is 5.92 Å². The van der Waals surface area contributed by atoms with Gasteiger partial charge < -0.3 is 16.8 Å². The molecular formula is C13H12N4OS. The molecule has 0 bridgehead atoms. The maximum absolute atomic E-state index is 11.6. The number of hydrogen-bond donors (Lipinski definition) is 3. The topological polar surface area (TPSA) is 105 Å². The lowest BCUT2D eigenvalue weighted by atomic mass is 9.78. The molecule has 0 saturated heterocycles. The first-order chi connectivity index (χ1) is 9.06. The molecule has 1 amide bonds. The Morgan fingerprint density at radius 3 is 2.53 bits per heavy atom. The Morgan fingerprint density at radius 1 is 1.37 bits per heavy atom. The Bertz CT molecular complexity index is 603. The highest BCUT2D eigenvalue weighted by atomic mass is 32.1. The highest BCUT2D eigenvalue weighted by Crippen LogP contribution is 2.35. The van der Waals surface area contributed by atoms with Gasteiger partial charge in [-0.3, -0.25) is 4.79 Å². The van der Waals surface area contributed by atoms with E-state index in [9.17, 15) is 10.1 Å². The van der Waals surface area contributed by atoms with Crippen LogP contribution in [0.5, 0.6) is 0 Å². The van der Waals surface area contributed by atoms with Gasteiger partial charge in [0.1, 0.15) is 11.7 Å². The summed E-state index contributed by atoms with van der Waals surface area (Å²) in [5, 5.41) is 11.9. The van der Waals surface area contributed by atoms with Crippen molar-refractivity contribution in [2.24, 2.45) is 17.4 Å². The van der Waals surface area contributed by atoms with Crippen molar-refractivity contribution in [2.45, 2.75) is 5.92 Å². The second-order valence-corrected chi connectivity index (χ2v) is 4.64. The van der Waals surface area contributed by atoms with Crippen molar-refractivity contribution in [1.82, 2.24) is 5.32 Å². The molecule has 0 spiro atoms. The van der Waals surface area contributed by atoms with Crippen LogP contribution in [0.4, 0.5) is 0 Å². The highest BCUT2D eigenvalue weighted by molar-refractivity contribution is 7.80. The largest absolute Gasteiger partial charge is 0.384 e. The molecule has 5 N–H and O–H groups in total. The number of thiocarbonyl (C=S) groups is 1. The van der Waals surface area contributed by atoms with Gasteiger partial charge in [0.2, 0.25) is 5.91 Å². The molecule has 0 unspecified atom stereocenters. The van der Waals surface area contributed by atoms with Gasteiger partial charge in [-0.2, -0.15) is 5.26 Å². The van der Waals surface area contributed by atoms with E-state index in [-0.39, 0.29) is 16.4 Å². The molecule has 1 aromatic carbocycles. The maximum Gasteiger partial charge on any atom is 0.228 e. The van der Waals surface area contributed by atoms with Crippen LogP contribution in [0, 0.1) is 17.2 Å². The number of nitrogens with two attached hydrogens (primary N) is 2. The monoisotopic (exact) mass is 272 g/mol. The summed E-state index contributed by atoms with van der Waals surface area (Å²) in [6.07, 6.45) is 0. The molecule has 1 aliphatic heterocycles. The van der Waals surface area contributed by atoms with E-state index in [2.05, 4.69) is 5.32 Å². The summed E-state index contributed by atoms with van der Waals surface area (Å²) in [6.45, 7) is 0. The Kier molecular flexibility index (Phi) is 3.49. The van der Waals surface area contributed by atoms with Crippen molar-refractivity contribution >= 4 is 23.1 Å². The molecular weight excluding hydrogens is 260 g/mol. The van der Waals surface area contributed by atoms with Gasteiger partial charge >= 0.3 is 0 Å². The average molecular weight is 272 g/mol. The van der Waals surface area contributed by atoms with Crippen LogP contribution in [-0.2, 0) is 4.79 Å². The van der Waals surface area contributed by atoms with Crippen LogP contribution in [0.3, 0.4) is 0 Å². The minimum absolute atomic E-state index is 0.179. The van der Waals surface area contributed by atoms with Crippen LogP contribution in [0.15, 0.2) is 41.7 Å². The average Bonchev–Trinajstić information content (AvgIpc) is 2.38. The van der Waals surface area contributed by atoms with E-state index in [4.69, 9.17) is 23.7 Å². The number of benzene rings is 1. The normalized spacial score (nSPS) is 22.6. The molecule has 96 valence electrons. The molecule has 5 nitrogen and oxygen atoms in total. The summed E-state index contributed by atoms with van der Waals surface area (Å²) < 4.78 is 0. The van der Waals surface area contributed by atoms with Crippen LogP contribution in [0.25, 0.3) is 0 Å². The predicted octanol–water partition coefficient (Wildman–Crippen LogP) is 0.496. The number of carbonyl (C=O) groups excluding carboxylic acids is 1. The highest BCUT2D eigenvalue weighted by Gasteiger charge is 2.39. The van der Waals surface area contributed by atoms with Gasteiger partial charge in [-0.15, -0.1) is 0 Å². The summed E-state index contributed by atoms with van der Waals surface area (Å²) in [6, 6.07) is 11.2. The number of allylic oxidation sites excluding steroid dienone is 1. The number of nitriles is 1. The third-order valence-electron chi connectivity index (χ3n) is 3.06. The molecule has 0 aliphatic carbocycles. The van der Waals surface area contributed by atoms with E-state index in [0.717, 1.165) is 5.56 Å². The SMILES string of the molecule is N#CC1=C(N)NC(=S)[C@H](C(N)=O)[C@@H]1c1ccccc1. The molecule has 2 rings (SSSR count). The third kappa shape index (κ3) is 2.28. The Morgan fingerprint density at radius 2 is 2.00 bits per heavy atom. The molecule has 1 aliphatic rings. The maximum atomic E-state index is 11.6. The third-order valence-corrected chi connectivity index (χ3v) is 3.42. The molecule has 2 atom stereocenters. The van der Waals surface area contributed by atoms with Crippen molar-refractivity contribution in [1.29, 1.82) is 5.26 Å². The Hall–Kier alpha value is -2.39. The predicted molar refractivity (Wildman–Crippen MR) is 74.4 cm³/mol. The molecule has 1 heterocycles.